The van der Waals surface area contributed by atoms with Crippen LogP contribution in [0.4, 0.5) is 5.13 Å². The number of thioether (sulfide) groups is 1. The number of hydrogen-bond acceptors (Lipinski definition) is 5. The molecule has 0 fully saturated rings. The summed E-state index contributed by atoms with van der Waals surface area (Å²) in [5.41, 5.74) is 8.01. The largest absolute Gasteiger partial charge is 0.493 e. The van der Waals surface area contributed by atoms with Gasteiger partial charge in [0, 0.05) is 5.75 Å². The highest BCUT2D eigenvalue weighted by Gasteiger charge is 2.01. The second kappa shape index (κ2) is 6.82. The number of thiazole rings is 1. The number of nitrogen functional groups attached to an aromatic ring is 1. The predicted octanol–water partition coefficient (Wildman–Crippen LogP) is 3.90. The van der Waals surface area contributed by atoms with Crippen molar-refractivity contribution in [1.29, 1.82) is 0 Å². The Morgan fingerprint density at radius 3 is 2.95 bits per heavy atom. The summed E-state index contributed by atoms with van der Waals surface area (Å²) in [6, 6.07) is 6.29. The molecule has 0 aliphatic rings. The third-order valence-electron chi connectivity index (χ3n) is 2.64. The average molecular weight is 294 g/mol. The summed E-state index contributed by atoms with van der Waals surface area (Å²) in [7, 11) is 0. The van der Waals surface area contributed by atoms with Crippen LogP contribution in [0, 0.1) is 13.8 Å². The fourth-order valence-electron chi connectivity index (χ4n) is 1.62. The van der Waals surface area contributed by atoms with Crippen LogP contribution in [-0.4, -0.2) is 17.3 Å². The van der Waals surface area contributed by atoms with Crippen LogP contribution in [0.5, 0.6) is 5.75 Å². The highest BCUT2D eigenvalue weighted by Crippen LogP contribution is 2.27. The first kappa shape index (κ1) is 14.2. The van der Waals surface area contributed by atoms with Crippen molar-refractivity contribution >= 4 is 28.2 Å². The SMILES string of the molecule is Cc1ccc(C)c(OCCCSc2cnc(N)s2)c1. The quantitative estimate of drug-likeness (QED) is 0.648. The van der Waals surface area contributed by atoms with Crippen LogP contribution in [0.1, 0.15) is 17.5 Å². The van der Waals surface area contributed by atoms with Crippen molar-refractivity contribution in [2.75, 3.05) is 18.1 Å². The Hall–Kier alpha value is -1.20. The number of ether oxygens (including phenoxy) is 1. The summed E-state index contributed by atoms with van der Waals surface area (Å²) in [6.07, 6.45) is 2.84. The molecule has 2 aromatic rings. The normalized spacial score (nSPS) is 10.6. The lowest BCUT2D eigenvalue weighted by atomic mass is 10.1. The van der Waals surface area contributed by atoms with Gasteiger partial charge < -0.3 is 10.5 Å². The van der Waals surface area contributed by atoms with Crippen molar-refractivity contribution < 1.29 is 4.74 Å². The van der Waals surface area contributed by atoms with Gasteiger partial charge in [0.1, 0.15) is 5.75 Å². The molecule has 3 nitrogen and oxygen atoms in total. The Bertz CT molecular complexity index is 540. The fraction of sp³-hybridized carbons (Fsp3) is 0.357. The van der Waals surface area contributed by atoms with Gasteiger partial charge in [0.2, 0.25) is 0 Å². The molecule has 1 aromatic heterocycles. The summed E-state index contributed by atoms with van der Waals surface area (Å²) in [6.45, 7) is 4.89. The molecule has 2 N–H and O–H groups in total. The molecule has 0 spiro atoms. The van der Waals surface area contributed by atoms with E-state index in [1.165, 1.54) is 26.7 Å². The van der Waals surface area contributed by atoms with Crippen LogP contribution >= 0.6 is 23.1 Å². The summed E-state index contributed by atoms with van der Waals surface area (Å²) in [5, 5.41) is 0.633. The minimum atomic E-state index is 0.633. The summed E-state index contributed by atoms with van der Waals surface area (Å²) in [5.74, 6) is 2.01. The molecule has 19 heavy (non-hydrogen) atoms. The lowest BCUT2D eigenvalue weighted by molar-refractivity contribution is 0.316. The molecule has 0 unspecified atom stereocenters. The van der Waals surface area contributed by atoms with E-state index in [1.807, 2.05) is 6.20 Å². The maximum absolute atomic E-state index is 5.81. The molecule has 0 saturated heterocycles. The Balaban J connectivity index is 1.70. The van der Waals surface area contributed by atoms with Crippen LogP contribution in [0.3, 0.4) is 0 Å². The molecule has 0 aliphatic carbocycles. The van der Waals surface area contributed by atoms with Gasteiger partial charge >= 0.3 is 0 Å². The van der Waals surface area contributed by atoms with Gasteiger partial charge in [-0.05, 0) is 37.5 Å². The molecule has 0 aliphatic heterocycles. The van der Waals surface area contributed by atoms with Crippen molar-refractivity contribution in [3.8, 4) is 5.75 Å². The summed E-state index contributed by atoms with van der Waals surface area (Å²) >= 11 is 3.32. The molecular formula is C14H18N2OS2. The number of aromatic nitrogens is 1. The molecule has 0 radical (unpaired) electrons. The predicted molar refractivity (Wildman–Crippen MR) is 83.3 cm³/mol. The smallest absolute Gasteiger partial charge is 0.181 e. The van der Waals surface area contributed by atoms with Crippen LogP contribution in [0.25, 0.3) is 0 Å². The second-order valence-electron chi connectivity index (χ2n) is 4.34. The lowest BCUT2D eigenvalue weighted by Gasteiger charge is -2.09. The van der Waals surface area contributed by atoms with Gasteiger partial charge in [0.05, 0.1) is 17.0 Å². The molecule has 0 amide bonds. The molecule has 0 atom stereocenters. The Morgan fingerprint density at radius 2 is 2.21 bits per heavy atom. The van der Waals surface area contributed by atoms with E-state index in [9.17, 15) is 0 Å². The van der Waals surface area contributed by atoms with Crippen LogP contribution in [0.15, 0.2) is 28.6 Å². The van der Waals surface area contributed by atoms with Gasteiger partial charge in [-0.1, -0.05) is 23.5 Å². The third kappa shape index (κ3) is 4.44. The van der Waals surface area contributed by atoms with E-state index in [1.54, 1.807) is 11.8 Å². The Kier molecular flexibility index (Phi) is 5.10. The van der Waals surface area contributed by atoms with Crippen LogP contribution in [-0.2, 0) is 0 Å². The third-order valence-corrected chi connectivity index (χ3v) is 4.74. The number of aryl methyl sites for hydroxylation is 2. The average Bonchev–Trinajstić information content (AvgIpc) is 2.79. The van der Waals surface area contributed by atoms with Crippen molar-refractivity contribution in [3.05, 3.63) is 35.5 Å². The molecule has 2 rings (SSSR count). The van der Waals surface area contributed by atoms with Gasteiger partial charge in [-0.2, -0.15) is 0 Å². The Labute approximate surface area is 122 Å². The highest BCUT2D eigenvalue weighted by molar-refractivity contribution is 8.01. The second-order valence-corrected chi connectivity index (χ2v) is 6.79. The van der Waals surface area contributed by atoms with Gasteiger partial charge in [0.15, 0.2) is 5.13 Å². The Morgan fingerprint density at radius 1 is 1.37 bits per heavy atom. The molecule has 5 heteroatoms. The van der Waals surface area contributed by atoms with Crippen molar-refractivity contribution in [1.82, 2.24) is 4.98 Å². The van der Waals surface area contributed by atoms with Crippen molar-refractivity contribution in [3.63, 3.8) is 0 Å². The lowest BCUT2D eigenvalue weighted by Crippen LogP contribution is -2.00. The minimum Gasteiger partial charge on any atom is -0.493 e. The van der Waals surface area contributed by atoms with E-state index in [2.05, 4.69) is 37.0 Å². The van der Waals surface area contributed by atoms with Gasteiger partial charge in [-0.25, -0.2) is 4.98 Å². The summed E-state index contributed by atoms with van der Waals surface area (Å²) < 4.78 is 6.98. The van der Waals surface area contributed by atoms with Crippen LogP contribution in [0.2, 0.25) is 0 Å². The number of nitrogens with zero attached hydrogens (tertiary/aromatic N) is 1. The first-order valence-corrected chi connectivity index (χ1v) is 7.99. The molecule has 1 heterocycles. The van der Waals surface area contributed by atoms with E-state index in [4.69, 9.17) is 10.5 Å². The topological polar surface area (TPSA) is 48.1 Å². The molecule has 0 saturated carbocycles. The van der Waals surface area contributed by atoms with E-state index < -0.39 is 0 Å². The molecular weight excluding hydrogens is 276 g/mol. The zero-order valence-corrected chi connectivity index (χ0v) is 12.8. The zero-order chi connectivity index (χ0) is 13.7. The van der Waals surface area contributed by atoms with Gasteiger partial charge in [-0.3, -0.25) is 0 Å². The van der Waals surface area contributed by atoms with Gasteiger partial charge in [0.25, 0.3) is 0 Å². The van der Waals surface area contributed by atoms with E-state index in [0.29, 0.717) is 5.13 Å². The number of nitrogens with two attached hydrogens (primary N) is 1. The van der Waals surface area contributed by atoms with Crippen molar-refractivity contribution in [2.45, 2.75) is 24.5 Å². The van der Waals surface area contributed by atoms with Gasteiger partial charge in [-0.15, -0.1) is 11.8 Å². The van der Waals surface area contributed by atoms with E-state index >= 15 is 0 Å². The van der Waals surface area contributed by atoms with E-state index in [-0.39, 0.29) is 0 Å². The standard InChI is InChI=1S/C14H18N2OS2/c1-10-4-5-11(2)12(8-10)17-6-3-7-18-13-9-16-14(15)19-13/h4-5,8-9H,3,6-7H2,1-2H3,(H2,15,16). The van der Waals surface area contributed by atoms with Crippen LogP contribution < -0.4 is 10.5 Å². The molecule has 1 aromatic carbocycles. The fourth-order valence-corrected chi connectivity index (χ4v) is 3.36. The first-order valence-electron chi connectivity index (χ1n) is 6.19. The van der Waals surface area contributed by atoms with Crippen molar-refractivity contribution in [2.24, 2.45) is 0 Å². The zero-order valence-electron chi connectivity index (χ0n) is 11.2. The highest BCUT2D eigenvalue weighted by atomic mass is 32.2. The minimum absolute atomic E-state index is 0.633. The number of benzene rings is 1. The monoisotopic (exact) mass is 294 g/mol. The number of hydrogen-bond donors (Lipinski definition) is 1. The van der Waals surface area contributed by atoms with E-state index in [0.717, 1.165) is 24.5 Å². The maximum atomic E-state index is 5.81. The number of anilines is 1. The molecule has 102 valence electrons. The molecule has 0 bridgehead atoms. The summed E-state index contributed by atoms with van der Waals surface area (Å²) in [4.78, 5) is 4.03. The first-order chi connectivity index (χ1) is 9.15. The maximum Gasteiger partial charge on any atom is 0.181 e. The number of rotatable bonds is 6.